The van der Waals surface area contributed by atoms with E-state index in [1.54, 1.807) is 6.07 Å². The summed E-state index contributed by atoms with van der Waals surface area (Å²) in [5.41, 5.74) is -1.30. The van der Waals surface area contributed by atoms with Crippen molar-refractivity contribution in [1.82, 2.24) is 25.6 Å². The summed E-state index contributed by atoms with van der Waals surface area (Å²) in [6.45, 7) is -1.28. The number of aromatic amines is 1. The number of nitrogens with zero attached hydrogens (tertiary/aromatic N) is 3. The summed E-state index contributed by atoms with van der Waals surface area (Å²) in [6.07, 6.45) is -13.2. The first-order valence-corrected chi connectivity index (χ1v) is 13.6. The summed E-state index contributed by atoms with van der Waals surface area (Å²) in [7, 11) is 0. The molecule has 242 valence electrons. The van der Waals surface area contributed by atoms with Gasteiger partial charge in [0.25, 0.3) is 12.3 Å². The van der Waals surface area contributed by atoms with Crippen molar-refractivity contribution in [3.8, 4) is 11.9 Å². The van der Waals surface area contributed by atoms with Crippen LogP contribution in [-0.2, 0) is 23.9 Å². The molecule has 17 heteroatoms. The van der Waals surface area contributed by atoms with Crippen LogP contribution < -0.4 is 15.4 Å². The molecule has 0 aliphatic heterocycles. The second kappa shape index (κ2) is 13.7. The maximum Gasteiger partial charge on any atom is 0.416 e. The zero-order valence-electron chi connectivity index (χ0n) is 23.3. The number of imidazole rings is 1. The lowest BCUT2D eigenvalue weighted by atomic mass is 9.85. The first-order valence-electron chi connectivity index (χ1n) is 13.6. The van der Waals surface area contributed by atoms with Crippen LogP contribution in [0.5, 0.6) is 5.88 Å². The van der Waals surface area contributed by atoms with E-state index in [1.807, 2.05) is 0 Å². The van der Waals surface area contributed by atoms with Gasteiger partial charge in [-0.25, -0.2) is 13.8 Å². The number of ether oxygens (including phenoxy) is 1. The van der Waals surface area contributed by atoms with E-state index < -0.39 is 73.4 Å². The predicted molar refractivity (Wildman–Crippen MR) is 141 cm³/mol. The summed E-state index contributed by atoms with van der Waals surface area (Å²) in [4.78, 5) is 35.6. The van der Waals surface area contributed by atoms with Gasteiger partial charge in [-0.15, -0.1) is 0 Å². The second-order valence-electron chi connectivity index (χ2n) is 10.4. The summed E-state index contributed by atoms with van der Waals surface area (Å²) >= 11 is 0. The normalized spacial score (nSPS) is 17.2. The van der Waals surface area contributed by atoms with Gasteiger partial charge in [-0.2, -0.15) is 36.6 Å². The van der Waals surface area contributed by atoms with Gasteiger partial charge in [0.05, 0.1) is 23.1 Å². The molecule has 1 fully saturated rings. The van der Waals surface area contributed by atoms with Gasteiger partial charge in [-0.05, 0) is 48.9 Å². The van der Waals surface area contributed by atoms with Crippen molar-refractivity contribution in [1.29, 1.82) is 5.26 Å². The molecule has 1 saturated carbocycles. The Morgan fingerprint density at radius 3 is 2.40 bits per heavy atom. The number of benzene rings is 1. The van der Waals surface area contributed by atoms with Gasteiger partial charge in [0.1, 0.15) is 17.8 Å². The van der Waals surface area contributed by atoms with Crippen molar-refractivity contribution in [3.63, 3.8) is 0 Å². The number of aromatic nitrogens is 3. The number of carbonyl (C=O) groups is 2. The Balaban J connectivity index is 1.60. The van der Waals surface area contributed by atoms with Gasteiger partial charge in [-0.3, -0.25) is 9.59 Å². The number of alkyl halides is 8. The second-order valence-corrected chi connectivity index (χ2v) is 10.4. The molecule has 1 aliphatic rings. The molecule has 2 aromatic heterocycles. The van der Waals surface area contributed by atoms with Crippen molar-refractivity contribution in [3.05, 3.63) is 52.3 Å². The van der Waals surface area contributed by atoms with Crippen LogP contribution in [0.4, 0.5) is 35.1 Å². The summed E-state index contributed by atoms with van der Waals surface area (Å²) in [5.74, 6) is -3.51. The highest BCUT2D eigenvalue weighted by atomic mass is 19.4. The van der Waals surface area contributed by atoms with Crippen molar-refractivity contribution < 1.29 is 49.4 Å². The maximum absolute atomic E-state index is 13.8. The molecule has 2 heterocycles. The Hall–Kier alpha value is -4.49. The summed E-state index contributed by atoms with van der Waals surface area (Å²) in [6, 6.07) is 5.42. The average molecular weight is 647 g/mol. The fourth-order valence-corrected chi connectivity index (χ4v) is 5.00. The minimum Gasteiger partial charge on any atom is -0.471 e. The van der Waals surface area contributed by atoms with Crippen molar-refractivity contribution >= 4 is 23.0 Å². The van der Waals surface area contributed by atoms with E-state index in [4.69, 9.17) is 10.00 Å². The molecule has 45 heavy (non-hydrogen) atoms. The fraction of sp³-hybridized carbons (Fsp3) is 0.464. The Morgan fingerprint density at radius 1 is 1.07 bits per heavy atom. The van der Waals surface area contributed by atoms with E-state index in [9.17, 15) is 44.7 Å². The molecule has 1 aliphatic carbocycles. The lowest BCUT2D eigenvalue weighted by Gasteiger charge is -2.30. The highest BCUT2D eigenvalue weighted by molar-refractivity contribution is 5.99. The third-order valence-electron chi connectivity index (χ3n) is 7.17. The molecule has 0 atom stereocenters. The van der Waals surface area contributed by atoms with Gasteiger partial charge >= 0.3 is 12.4 Å². The number of pyridine rings is 1. The lowest BCUT2D eigenvalue weighted by Crippen LogP contribution is -2.40. The Morgan fingerprint density at radius 2 is 1.78 bits per heavy atom. The topological polar surface area (TPSA) is 133 Å². The Bertz CT molecular complexity index is 1570. The van der Waals surface area contributed by atoms with Gasteiger partial charge in [-0.1, -0.05) is 12.1 Å². The molecule has 3 aromatic rings. The van der Waals surface area contributed by atoms with Gasteiger partial charge in [0.2, 0.25) is 11.8 Å². The Kier molecular flexibility index (Phi) is 10.1. The molecule has 4 rings (SSSR count). The molecular weight excluding hydrogens is 620 g/mol. The zero-order valence-corrected chi connectivity index (χ0v) is 23.3. The van der Waals surface area contributed by atoms with Crippen LogP contribution in [0.1, 0.15) is 65.0 Å². The predicted octanol–water partition coefficient (Wildman–Crippen LogP) is 5.59. The molecule has 2 amide bonds. The van der Waals surface area contributed by atoms with E-state index >= 15 is 0 Å². The molecule has 9 nitrogen and oxygen atoms in total. The largest absolute Gasteiger partial charge is 0.471 e. The average Bonchev–Trinajstić information content (AvgIpc) is 3.35. The number of carbonyl (C=O) groups excluding carboxylic acids is 2. The molecule has 0 unspecified atom stereocenters. The molecule has 0 saturated heterocycles. The van der Waals surface area contributed by atoms with Crippen LogP contribution in [0.2, 0.25) is 0 Å². The van der Waals surface area contributed by atoms with Crippen LogP contribution in [-0.4, -0.2) is 52.0 Å². The smallest absolute Gasteiger partial charge is 0.416 e. The number of H-pyrrole nitrogens is 1. The van der Waals surface area contributed by atoms with Crippen LogP contribution in [0, 0.1) is 17.2 Å². The minimum atomic E-state index is -4.75. The number of fused-ring (bicyclic) bond motifs is 1. The quantitative estimate of drug-likeness (QED) is 0.246. The Labute approximate surface area is 250 Å². The highest BCUT2D eigenvalue weighted by Crippen LogP contribution is 2.38. The van der Waals surface area contributed by atoms with Crippen LogP contribution in [0.3, 0.4) is 0 Å². The van der Waals surface area contributed by atoms with E-state index in [2.05, 4.69) is 25.6 Å². The number of rotatable bonds is 10. The number of amides is 2. The minimum absolute atomic E-state index is 0.0310. The monoisotopic (exact) mass is 646 g/mol. The number of nitriles is 1. The highest BCUT2D eigenvalue weighted by Gasteiger charge is 2.41. The van der Waals surface area contributed by atoms with Gasteiger partial charge in [0, 0.05) is 19.0 Å². The first kappa shape index (κ1) is 33.4. The van der Waals surface area contributed by atoms with E-state index in [1.165, 1.54) is 18.2 Å². The zero-order chi connectivity index (χ0) is 32.9. The standard InChI is InChI=1S/C28H26F8N6O3/c29-21(30)13-45-26-18(25(44)39-17-4-2-16(3-5-17)27(31,32)33)11-20-24(42-26)41-22(40-20)10-15-9-14(12-38-23(43)7-8-37)1-6-19(15)28(34,35)36/h1,6,9,11,16-17,21H,2-5,7,10,12-13H2,(H,38,43)(H,39,44)(H,40,41,42). The molecule has 0 bridgehead atoms. The van der Waals surface area contributed by atoms with Crippen LogP contribution >= 0.6 is 0 Å². The molecular formula is C28H26F8N6O3. The third kappa shape index (κ3) is 8.79. The SMILES string of the molecule is N#CCC(=O)NCc1ccc(C(F)(F)F)c(Cc2nc3nc(OCC(F)F)c(C(=O)NC4CCC(C(F)(F)F)CC4)cc3[nH]2)c1. The lowest BCUT2D eigenvalue weighted by molar-refractivity contribution is -0.182. The van der Waals surface area contributed by atoms with E-state index in [-0.39, 0.29) is 60.3 Å². The van der Waals surface area contributed by atoms with Crippen molar-refractivity contribution in [2.75, 3.05) is 6.61 Å². The van der Waals surface area contributed by atoms with Gasteiger partial charge in [0.15, 0.2) is 12.3 Å². The van der Waals surface area contributed by atoms with Crippen LogP contribution in [0.15, 0.2) is 24.3 Å². The summed E-state index contributed by atoms with van der Waals surface area (Å²) in [5, 5.41) is 13.6. The fourth-order valence-electron chi connectivity index (χ4n) is 5.00. The van der Waals surface area contributed by atoms with E-state index in [0.29, 0.717) is 5.56 Å². The number of hydrogen-bond acceptors (Lipinski definition) is 6. The van der Waals surface area contributed by atoms with Gasteiger partial charge < -0.3 is 20.4 Å². The first-order chi connectivity index (χ1) is 21.1. The third-order valence-corrected chi connectivity index (χ3v) is 7.17. The molecule has 0 radical (unpaired) electrons. The number of halogens is 8. The maximum atomic E-state index is 13.8. The molecule has 0 spiro atoms. The number of hydrogen-bond donors (Lipinski definition) is 3. The number of nitrogens with one attached hydrogen (secondary N) is 3. The molecule has 1 aromatic carbocycles. The van der Waals surface area contributed by atoms with E-state index in [0.717, 1.165) is 6.07 Å². The van der Waals surface area contributed by atoms with Crippen molar-refractivity contribution in [2.45, 2.75) is 69.9 Å². The molecule has 3 N–H and O–H groups in total. The summed E-state index contributed by atoms with van der Waals surface area (Å²) < 4.78 is 111. The van der Waals surface area contributed by atoms with Crippen LogP contribution in [0.25, 0.3) is 11.2 Å². The van der Waals surface area contributed by atoms with Crippen molar-refractivity contribution in [2.24, 2.45) is 5.92 Å².